The SMILES string of the molecule is CN=C(NCCNC(=O)CC1CCCC1)NCCc1ccccc1Cl.I. The molecule has 0 aliphatic heterocycles. The van der Waals surface area contributed by atoms with Gasteiger partial charge in [0.05, 0.1) is 0 Å². The van der Waals surface area contributed by atoms with E-state index in [9.17, 15) is 4.79 Å². The molecule has 1 saturated carbocycles. The van der Waals surface area contributed by atoms with Crippen molar-refractivity contribution < 1.29 is 4.79 Å². The first-order valence-electron chi connectivity index (χ1n) is 9.13. The highest BCUT2D eigenvalue weighted by Gasteiger charge is 2.17. The van der Waals surface area contributed by atoms with Crippen molar-refractivity contribution in [3.05, 3.63) is 34.9 Å². The van der Waals surface area contributed by atoms with E-state index in [2.05, 4.69) is 20.9 Å². The number of carbonyl (C=O) groups is 1. The van der Waals surface area contributed by atoms with Gasteiger partial charge in [-0.2, -0.15) is 0 Å². The molecule has 26 heavy (non-hydrogen) atoms. The van der Waals surface area contributed by atoms with Gasteiger partial charge in [-0.1, -0.05) is 42.6 Å². The molecule has 0 spiro atoms. The van der Waals surface area contributed by atoms with Crippen molar-refractivity contribution in [1.82, 2.24) is 16.0 Å². The van der Waals surface area contributed by atoms with Crippen molar-refractivity contribution in [2.45, 2.75) is 38.5 Å². The Morgan fingerprint density at radius 1 is 1.12 bits per heavy atom. The van der Waals surface area contributed by atoms with Crippen LogP contribution in [0.4, 0.5) is 0 Å². The lowest BCUT2D eigenvalue weighted by Crippen LogP contribution is -2.42. The van der Waals surface area contributed by atoms with Gasteiger partial charge < -0.3 is 16.0 Å². The standard InChI is InChI=1S/C19H29ClN4O.HI/c1-21-19(23-11-10-16-8-4-5-9-17(16)20)24-13-12-22-18(25)14-15-6-2-3-7-15;/h4-5,8-9,15H,2-3,6-7,10-14H2,1H3,(H,22,25)(H2,21,23,24);1H. The maximum absolute atomic E-state index is 11.9. The Kier molecular flexibility index (Phi) is 11.7. The predicted octanol–water partition coefficient (Wildman–Crippen LogP) is 3.36. The monoisotopic (exact) mass is 492 g/mol. The molecule has 0 bridgehead atoms. The van der Waals surface area contributed by atoms with Crippen molar-refractivity contribution in [3.63, 3.8) is 0 Å². The molecule has 1 fully saturated rings. The number of nitrogens with zero attached hydrogens (tertiary/aromatic N) is 1. The van der Waals surface area contributed by atoms with Crippen LogP contribution in [0, 0.1) is 5.92 Å². The summed E-state index contributed by atoms with van der Waals surface area (Å²) in [7, 11) is 1.74. The Labute approximate surface area is 178 Å². The third kappa shape index (κ3) is 8.58. The van der Waals surface area contributed by atoms with Crippen molar-refractivity contribution in [1.29, 1.82) is 0 Å². The zero-order valence-corrected chi connectivity index (χ0v) is 18.5. The topological polar surface area (TPSA) is 65.5 Å². The quantitative estimate of drug-likeness (QED) is 0.226. The Morgan fingerprint density at radius 3 is 2.46 bits per heavy atom. The highest BCUT2D eigenvalue weighted by Crippen LogP contribution is 2.27. The molecule has 146 valence electrons. The lowest BCUT2D eigenvalue weighted by atomic mass is 10.0. The van der Waals surface area contributed by atoms with Crippen molar-refractivity contribution >= 4 is 47.4 Å². The lowest BCUT2D eigenvalue weighted by molar-refractivity contribution is -0.121. The van der Waals surface area contributed by atoms with Gasteiger partial charge in [-0.25, -0.2) is 0 Å². The Balaban J connectivity index is 0.00000338. The number of nitrogens with one attached hydrogen (secondary N) is 3. The molecule has 0 unspecified atom stereocenters. The molecule has 2 rings (SSSR count). The molecule has 0 heterocycles. The molecule has 1 aromatic carbocycles. The number of aliphatic imine (C=N–C) groups is 1. The van der Waals surface area contributed by atoms with E-state index in [0.29, 0.717) is 25.4 Å². The van der Waals surface area contributed by atoms with Crippen LogP contribution in [0.2, 0.25) is 5.02 Å². The van der Waals surface area contributed by atoms with Gasteiger partial charge in [0.25, 0.3) is 0 Å². The zero-order valence-electron chi connectivity index (χ0n) is 15.4. The summed E-state index contributed by atoms with van der Waals surface area (Å²) in [6.07, 6.45) is 6.45. The van der Waals surface area contributed by atoms with Crippen LogP contribution in [0.5, 0.6) is 0 Å². The molecule has 1 aliphatic rings. The summed E-state index contributed by atoms with van der Waals surface area (Å²) in [4.78, 5) is 16.1. The minimum Gasteiger partial charge on any atom is -0.356 e. The van der Waals surface area contributed by atoms with Crippen LogP contribution < -0.4 is 16.0 Å². The van der Waals surface area contributed by atoms with Gasteiger partial charge in [-0.3, -0.25) is 9.79 Å². The average molecular weight is 493 g/mol. The maximum atomic E-state index is 11.9. The number of halogens is 2. The number of guanidine groups is 1. The first-order chi connectivity index (χ1) is 12.2. The van der Waals surface area contributed by atoms with Gasteiger partial charge in [0, 0.05) is 38.1 Å². The molecule has 3 N–H and O–H groups in total. The summed E-state index contributed by atoms with van der Waals surface area (Å²) in [6, 6.07) is 7.85. The fraction of sp³-hybridized carbons (Fsp3) is 0.579. The van der Waals surface area contributed by atoms with Crippen LogP contribution in [0.3, 0.4) is 0 Å². The summed E-state index contributed by atoms with van der Waals surface area (Å²) in [5, 5.41) is 10.2. The van der Waals surface area contributed by atoms with Gasteiger partial charge in [0.2, 0.25) is 5.91 Å². The molecule has 5 nitrogen and oxygen atoms in total. The molecule has 0 atom stereocenters. The van der Waals surface area contributed by atoms with Crippen molar-refractivity contribution in [2.24, 2.45) is 10.9 Å². The van der Waals surface area contributed by atoms with Crippen molar-refractivity contribution in [3.8, 4) is 0 Å². The minimum atomic E-state index is 0. The van der Waals surface area contributed by atoms with Crippen LogP contribution in [0.25, 0.3) is 0 Å². The molecule has 1 aliphatic carbocycles. The third-order valence-corrected chi connectivity index (χ3v) is 4.93. The summed E-state index contributed by atoms with van der Waals surface area (Å²) in [5.41, 5.74) is 1.12. The minimum absolute atomic E-state index is 0. The Bertz CT molecular complexity index is 576. The highest BCUT2D eigenvalue weighted by molar-refractivity contribution is 14.0. The smallest absolute Gasteiger partial charge is 0.220 e. The molecule has 0 radical (unpaired) electrons. The van der Waals surface area contributed by atoms with E-state index in [-0.39, 0.29) is 29.9 Å². The van der Waals surface area contributed by atoms with Crippen LogP contribution >= 0.6 is 35.6 Å². The number of hydrogen-bond donors (Lipinski definition) is 3. The van der Waals surface area contributed by atoms with Gasteiger partial charge in [0.1, 0.15) is 0 Å². The van der Waals surface area contributed by atoms with E-state index in [4.69, 9.17) is 11.6 Å². The molecule has 7 heteroatoms. The van der Waals surface area contributed by atoms with Gasteiger partial charge >= 0.3 is 0 Å². The first-order valence-corrected chi connectivity index (χ1v) is 9.51. The number of benzene rings is 1. The first kappa shape index (κ1) is 23.0. The number of rotatable bonds is 8. The second-order valence-electron chi connectivity index (χ2n) is 6.47. The van der Waals surface area contributed by atoms with Gasteiger partial charge in [-0.15, -0.1) is 24.0 Å². The van der Waals surface area contributed by atoms with Gasteiger partial charge in [-0.05, 0) is 36.8 Å². The molecular weight excluding hydrogens is 463 g/mol. The summed E-state index contributed by atoms with van der Waals surface area (Å²) >= 11 is 6.15. The molecular formula is C19H30ClIN4O. The fourth-order valence-electron chi connectivity index (χ4n) is 3.17. The largest absolute Gasteiger partial charge is 0.356 e. The van der Waals surface area contributed by atoms with Crippen LogP contribution in [-0.4, -0.2) is 38.5 Å². The Hall–Kier alpha value is -1.02. The lowest BCUT2D eigenvalue weighted by Gasteiger charge is -2.13. The second kappa shape index (κ2) is 13.2. The fourth-order valence-corrected chi connectivity index (χ4v) is 3.40. The summed E-state index contributed by atoms with van der Waals surface area (Å²) < 4.78 is 0. The molecule has 1 amide bonds. The average Bonchev–Trinajstić information content (AvgIpc) is 3.11. The molecule has 0 aromatic heterocycles. The molecule has 0 saturated heterocycles. The summed E-state index contributed by atoms with van der Waals surface area (Å²) in [5.74, 6) is 1.49. The predicted molar refractivity (Wildman–Crippen MR) is 120 cm³/mol. The normalized spacial score (nSPS) is 14.6. The van der Waals surface area contributed by atoms with E-state index in [1.165, 1.54) is 25.7 Å². The van der Waals surface area contributed by atoms with E-state index < -0.39 is 0 Å². The van der Waals surface area contributed by atoms with Crippen LogP contribution in [0.15, 0.2) is 29.3 Å². The van der Waals surface area contributed by atoms with E-state index in [1.54, 1.807) is 7.05 Å². The number of amides is 1. The maximum Gasteiger partial charge on any atom is 0.220 e. The van der Waals surface area contributed by atoms with Gasteiger partial charge in [0.15, 0.2) is 5.96 Å². The third-order valence-electron chi connectivity index (χ3n) is 4.56. The number of carbonyl (C=O) groups excluding carboxylic acids is 1. The number of hydrogen-bond acceptors (Lipinski definition) is 2. The summed E-state index contributed by atoms with van der Waals surface area (Å²) in [6.45, 7) is 2.01. The zero-order chi connectivity index (χ0) is 17.9. The Morgan fingerprint density at radius 2 is 1.77 bits per heavy atom. The van der Waals surface area contributed by atoms with E-state index >= 15 is 0 Å². The van der Waals surface area contributed by atoms with Crippen LogP contribution in [0.1, 0.15) is 37.7 Å². The highest BCUT2D eigenvalue weighted by atomic mass is 127. The van der Waals surface area contributed by atoms with E-state index in [1.807, 2.05) is 24.3 Å². The van der Waals surface area contributed by atoms with E-state index in [0.717, 1.165) is 29.5 Å². The van der Waals surface area contributed by atoms with Crippen molar-refractivity contribution in [2.75, 3.05) is 26.7 Å². The second-order valence-corrected chi connectivity index (χ2v) is 6.88. The van der Waals surface area contributed by atoms with Crippen LogP contribution in [-0.2, 0) is 11.2 Å². The molecule has 1 aromatic rings.